The molecule has 0 aliphatic heterocycles. The predicted octanol–water partition coefficient (Wildman–Crippen LogP) is 3.92. The van der Waals surface area contributed by atoms with Gasteiger partial charge in [0.1, 0.15) is 15.8 Å². The summed E-state index contributed by atoms with van der Waals surface area (Å²) in [6.07, 6.45) is -5.77. The van der Waals surface area contributed by atoms with Crippen LogP contribution in [0.3, 0.4) is 0 Å². The molecule has 1 aromatic carbocycles. The van der Waals surface area contributed by atoms with E-state index in [2.05, 4.69) is 4.98 Å². The molecule has 2 aromatic rings. The lowest BCUT2D eigenvalue weighted by atomic mass is 10.3. The van der Waals surface area contributed by atoms with Crippen molar-refractivity contribution < 1.29 is 31.1 Å². The zero-order valence-corrected chi connectivity index (χ0v) is 16.9. The molecule has 1 N–H and O–H groups in total. The lowest BCUT2D eigenvalue weighted by Gasteiger charge is -2.11. The minimum absolute atomic E-state index is 0.0612. The Bertz CT molecular complexity index is 1010. The Balaban J connectivity index is 2.31. The molecule has 0 spiro atoms. The number of benzene rings is 1. The van der Waals surface area contributed by atoms with E-state index in [-0.39, 0.29) is 10.8 Å². The van der Waals surface area contributed by atoms with Gasteiger partial charge >= 0.3 is 6.18 Å². The minimum atomic E-state index is -4.49. The molecule has 0 atom stereocenters. The van der Waals surface area contributed by atoms with Crippen molar-refractivity contribution >= 4 is 50.7 Å². The summed E-state index contributed by atoms with van der Waals surface area (Å²) in [5, 5.41) is -0.983. The Kier molecular flexibility index (Phi) is 6.74. The number of carbonyl (C=O) groups excluding carboxylic acids is 1. The van der Waals surface area contributed by atoms with Gasteiger partial charge in [-0.1, -0.05) is 23.2 Å². The van der Waals surface area contributed by atoms with E-state index in [1.54, 1.807) is 4.72 Å². The molecular weight excluding hydrogens is 470 g/mol. The van der Waals surface area contributed by atoms with E-state index in [0.717, 1.165) is 10.6 Å². The molecule has 28 heavy (non-hydrogen) atoms. The third-order valence-corrected chi connectivity index (χ3v) is 5.59. The van der Waals surface area contributed by atoms with Gasteiger partial charge in [-0.2, -0.15) is 13.2 Å². The maximum absolute atomic E-state index is 12.5. The molecule has 154 valence electrons. The number of hydrogen-bond acceptors (Lipinski definition) is 5. The lowest BCUT2D eigenvalue weighted by molar-refractivity contribution is -0.136. The van der Waals surface area contributed by atoms with Crippen LogP contribution in [0.2, 0.25) is 15.5 Å². The van der Waals surface area contributed by atoms with Gasteiger partial charge in [0, 0.05) is 11.6 Å². The van der Waals surface area contributed by atoms with Gasteiger partial charge in [0.05, 0.1) is 13.5 Å². The zero-order chi connectivity index (χ0) is 21.3. The van der Waals surface area contributed by atoms with Crippen molar-refractivity contribution in [1.29, 1.82) is 0 Å². The van der Waals surface area contributed by atoms with E-state index in [1.807, 2.05) is 0 Å². The van der Waals surface area contributed by atoms with Crippen LogP contribution in [0.5, 0.6) is 5.75 Å². The number of nitrogens with one attached hydrogen (secondary N) is 1. The van der Waals surface area contributed by atoms with E-state index in [9.17, 15) is 26.4 Å². The maximum atomic E-state index is 12.5. The molecule has 7 nitrogen and oxygen atoms in total. The smallest absolute Gasteiger partial charge is 0.390 e. The van der Waals surface area contributed by atoms with Crippen molar-refractivity contribution in [2.45, 2.75) is 24.0 Å². The molecule has 0 saturated heterocycles. The number of aromatic nitrogens is 2. The molecule has 0 aliphatic rings. The summed E-state index contributed by atoms with van der Waals surface area (Å²) in [6, 6.07) is 3.70. The summed E-state index contributed by atoms with van der Waals surface area (Å²) in [6.45, 7) is -0.698. The van der Waals surface area contributed by atoms with Crippen LogP contribution in [-0.2, 0) is 16.6 Å². The molecule has 14 heteroatoms. The maximum Gasteiger partial charge on any atom is 0.390 e. The van der Waals surface area contributed by atoms with E-state index in [4.69, 9.17) is 39.5 Å². The first-order chi connectivity index (χ1) is 12.9. The minimum Gasteiger partial charge on any atom is -0.495 e. The van der Waals surface area contributed by atoms with Gasteiger partial charge in [0.15, 0.2) is 5.69 Å². The molecule has 0 fully saturated rings. The van der Waals surface area contributed by atoms with E-state index < -0.39 is 56.1 Å². The van der Waals surface area contributed by atoms with Crippen LogP contribution >= 0.6 is 34.8 Å². The normalized spacial score (nSPS) is 12.1. The van der Waals surface area contributed by atoms with E-state index in [0.29, 0.717) is 0 Å². The molecule has 1 heterocycles. The number of imidazole rings is 1. The van der Waals surface area contributed by atoms with Crippen LogP contribution in [-0.4, -0.2) is 37.2 Å². The first-order valence-electron chi connectivity index (χ1n) is 7.24. The number of amides is 1. The Morgan fingerprint density at radius 1 is 1.29 bits per heavy atom. The molecule has 0 aliphatic carbocycles. The second kappa shape index (κ2) is 8.36. The summed E-state index contributed by atoms with van der Waals surface area (Å²) >= 11 is 17.3. The fourth-order valence-corrected chi connectivity index (χ4v) is 4.04. The second-order valence-corrected chi connectivity index (χ2v) is 8.05. The fraction of sp³-hybridized carbons (Fsp3) is 0.286. The molecule has 0 radical (unpaired) electrons. The van der Waals surface area contributed by atoms with Crippen LogP contribution < -0.4 is 9.46 Å². The highest BCUT2D eigenvalue weighted by Gasteiger charge is 2.30. The van der Waals surface area contributed by atoms with Crippen LogP contribution in [0.1, 0.15) is 16.9 Å². The average molecular weight is 481 g/mol. The van der Waals surface area contributed by atoms with Crippen molar-refractivity contribution in [2.75, 3.05) is 7.11 Å². The lowest BCUT2D eigenvalue weighted by Crippen LogP contribution is -2.31. The molecule has 0 unspecified atom stereocenters. The quantitative estimate of drug-likeness (QED) is 0.677. The Morgan fingerprint density at radius 2 is 1.93 bits per heavy atom. The van der Waals surface area contributed by atoms with Crippen LogP contribution in [0, 0.1) is 0 Å². The number of hydrogen-bond donors (Lipinski definition) is 1. The summed E-state index contributed by atoms with van der Waals surface area (Å²) < 4.78 is 69.5. The largest absolute Gasteiger partial charge is 0.495 e. The Morgan fingerprint density at radius 3 is 2.50 bits per heavy atom. The van der Waals surface area contributed by atoms with E-state index in [1.165, 1.54) is 19.2 Å². The zero-order valence-electron chi connectivity index (χ0n) is 13.8. The highest BCUT2D eigenvalue weighted by Crippen LogP contribution is 2.29. The van der Waals surface area contributed by atoms with Gasteiger partial charge < -0.3 is 9.30 Å². The fourth-order valence-electron chi connectivity index (χ4n) is 2.07. The van der Waals surface area contributed by atoms with Crippen molar-refractivity contribution in [3.63, 3.8) is 0 Å². The summed E-state index contributed by atoms with van der Waals surface area (Å²) in [7, 11) is -3.26. The number of nitrogens with zero attached hydrogens (tertiary/aromatic N) is 2. The van der Waals surface area contributed by atoms with Gasteiger partial charge in [0.2, 0.25) is 5.28 Å². The van der Waals surface area contributed by atoms with Crippen LogP contribution in [0.15, 0.2) is 23.1 Å². The SMILES string of the molecule is COc1ccc(Cl)cc1S(=O)(=O)NC(=O)c1nc(Cl)n(CCC(F)(F)F)c1Cl. The van der Waals surface area contributed by atoms with Crippen LogP contribution in [0.25, 0.3) is 0 Å². The summed E-state index contributed by atoms with van der Waals surface area (Å²) in [4.78, 5) is 15.4. The molecular formula is C14H11Cl3F3N3O4S. The molecule has 1 aromatic heterocycles. The van der Waals surface area contributed by atoms with Gasteiger partial charge in [-0.05, 0) is 29.8 Å². The second-order valence-electron chi connectivity index (χ2n) is 5.27. The number of carbonyl (C=O) groups is 1. The highest BCUT2D eigenvalue weighted by molar-refractivity contribution is 7.90. The standard InChI is InChI=1S/C14H11Cl3F3N3O4S/c1-27-8-3-2-7(15)6-9(8)28(25,26)22-12(24)10-11(16)23(13(17)21-10)5-4-14(18,19)20/h2-3,6H,4-5H2,1H3,(H,22,24). The van der Waals surface area contributed by atoms with Gasteiger partial charge in [-0.15, -0.1) is 0 Å². The molecule has 2 rings (SSSR count). The van der Waals surface area contributed by atoms with Crippen molar-refractivity contribution in [3.8, 4) is 5.75 Å². The van der Waals surface area contributed by atoms with Gasteiger partial charge in [-0.3, -0.25) is 4.79 Å². The Hall–Kier alpha value is -1.69. The molecule has 0 saturated carbocycles. The monoisotopic (exact) mass is 479 g/mol. The van der Waals surface area contributed by atoms with Crippen molar-refractivity contribution in [3.05, 3.63) is 39.4 Å². The van der Waals surface area contributed by atoms with Gasteiger partial charge in [-0.25, -0.2) is 18.1 Å². The van der Waals surface area contributed by atoms with Crippen LogP contribution in [0.4, 0.5) is 13.2 Å². The van der Waals surface area contributed by atoms with E-state index >= 15 is 0 Å². The molecule has 1 amide bonds. The van der Waals surface area contributed by atoms with Crippen molar-refractivity contribution in [2.24, 2.45) is 0 Å². The topological polar surface area (TPSA) is 90.3 Å². The first-order valence-corrected chi connectivity index (χ1v) is 9.86. The number of halogens is 6. The third kappa shape index (κ3) is 5.22. The first kappa shape index (κ1) is 22.6. The Labute approximate surface area is 172 Å². The summed E-state index contributed by atoms with van der Waals surface area (Å²) in [5.74, 6) is -1.38. The number of methoxy groups -OCH3 is 1. The number of rotatable bonds is 6. The number of alkyl halides is 3. The summed E-state index contributed by atoms with van der Waals surface area (Å²) in [5.41, 5.74) is -0.654. The average Bonchev–Trinajstić information content (AvgIpc) is 2.86. The number of sulfonamides is 1. The van der Waals surface area contributed by atoms with Gasteiger partial charge in [0.25, 0.3) is 15.9 Å². The molecule has 0 bridgehead atoms. The third-order valence-electron chi connectivity index (χ3n) is 3.34. The van der Waals surface area contributed by atoms with Crippen molar-refractivity contribution in [1.82, 2.24) is 14.3 Å². The highest BCUT2D eigenvalue weighted by atomic mass is 35.5. The predicted molar refractivity (Wildman–Crippen MR) is 95.6 cm³/mol. The number of ether oxygens (including phenoxy) is 1.